The van der Waals surface area contributed by atoms with Crippen molar-refractivity contribution in [2.45, 2.75) is 31.9 Å². The summed E-state index contributed by atoms with van der Waals surface area (Å²) >= 11 is 0. The summed E-state index contributed by atoms with van der Waals surface area (Å²) in [5.74, 6) is -0.426. The third-order valence-corrected chi connectivity index (χ3v) is 7.02. The van der Waals surface area contributed by atoms with Gasteiger partial charge in [0.05, 0.1) is 34.3 Å². The lowest BCUT2D eigenvalue weighted by Gasteiger charge is -2.11. The molecule has 3 aromatic rings. The summed E-state index contributed by atoms with van der Waals surface area (Å²) in [6.45, 7) is 3.99. The van der Waals surface area contributed by atoms with Crippen LogP contribution >= 0.6 is 0 Å². The summed E-state index contributed by atoms with van der Waals surface area (Å²) < 4.78 is 31.8. The van der Waals surface area contributed by atoms with Crippen LogP contribution in [0.2, 0.25) is 0 Å². The monoisotopic (exact) mass is 474 g/mol. The van der Waals surface area contributed by atoms with Crippen LogP contribution in [-0.2, 0) is 32.5 Å². The highest BCUT2D eigenvalue weighted by atomic mass is 32.2. The van der Waals surface area contributed by atoms with Crippen LogP contribution in [-0.4, -0.2) is 72.2 Å². The number of aromatic amines is 1. The van der Waals surface area contributed by atoms with E-state index in [-0.39, 0.29) is 29.8 Å². The number of carbonyl (C=O) groups is 1. The van der Waals surface area contributed by atoms with Crippen molar-refractivity contribution >= 4 is 15.8 Å². The molecule has 0 aliphatic carbocycles. The van der Waals surface area contributed by atoms with Gasteiger partial charge in [0.2, 0.25) is 0 Å². The largest absolute Gasteiger partial charge is 0.463 e. The molecule has 2 aromatic heterocycles. The molecule has 3 rings (SSSR count). The fraction of sp³-hybridized carbons (Fsp3) is 0.391. The van der Waals surface area contributed by atoms with Crippen LogP contribution in [0.5, 0.6) is 0 Å². The van der Waals surface area contributed by atoms with Crippen molar-refractivity contribution in [3.8, 4) is 22.6 Å². The molecule has 0 saturated carbocycles. The van der Waals surface area contributed by atoms with Crippen molar-refractivity contribution in [1.82, 2.24) is 19.7 Å². The van der Waals surface area contributed by atoms with E-state index >= 15 is 0 Å². The van der Waals surface area contributed by atoms with Gasteiger partial charge in [-0.15, -0.1) is 0 Å². The maximum absolute atomic E-state index is 12.5. The second kappa shape index (κ2) is 10.3. The molecule has 0 radical (unpaired) electrons. The lowest BCUT2D eigenvalue weighted by molar-refractivity contribution is -0.144. The standard InChI is InChI=1S/C23H30N4O5S/c1-5-33(30,31)22-13-17(6-7-18(22)15-28)19-8-9-20(24-19)21-12-16(2)25-27(21)14-23(29)32-11-10-26(3)4/h6-9,12-13,24,28H,5,10-11,14-15H2,1-4H3. The molecule has 2 heterocycles. The fourth-order valence-corrected chi connectivity index (χ4v) is 4.55. The van der Waals surface area contributed by atoms with Crippen LogP contribution in [0, 0.1) is 6.92 Å². The zero-order valence-corrected chi connectivity index (χ0v) is 20.1. The van der Waals surface area contributed by atoms with Gasteiger partial charge in [-0.25, -0.2) is 8.42 Å². The Morgan fingerprint density at radius 2 is 1.91 bits per heavy atom. The molecule has 0 spiro atoms. The number of aliphatic hydroxyl groups is 1. The molecule has 9 nitrogen and oxygen atoms in total. The predicted octanol–water partition coefficient (Wildman–Crippen LogP) is 2.24. The molecule has 0 atom stereocenters. The summed E-state index contributed by atoms with van der Waals surface area (Å²) in [6.07, 6.45) is 0. The van der Waals surface area contributed by atoms with E-state index in [1.807, 2.05) is 44.1 Å². The van der Waals surface area contributed by atoms with Gasteiger partial charge in [0.25, 0.3) is 0 Å². The van der Waals surface area contributed by atoms with E-state index in [0.29, 0.717) is 30.0 Å². The molecule has 0 bridgehead atoms. The van der Waals surface area contributed by atoms with Gasteiger partial charge < -0.3 is 19.7 Å². The third-order valence-electron chi connectivity index (χ3n) is 5.21. The molecule has 0 aliphatic heterocycles. The van der Waals surface area contributed by atoms with E-state index in [1.54, 1.807) is 29.8 Å². The van der Waals surface area contributed by atoms with Crippen LogP contribution in [0.4, 0.5) is 0 Å². The zero-order valence-electron chi connectivity index (χ0n) is 19.3. The highest BCUT2D eigenvalue weighted by molar-refractivity contribution is 7.91. The maximum atomic E-state index is 12.5. The Morgan fingerprint density at radius 3 is 2.58 bits per heavy atom. The molecule has 0 saturated heterocycles. The van der Waals surface area contributed by atoms with Crippen LogP contribution in [0.3, 0.4) is 0 Å². The van der Waals surface area contributed by atoms with Crippen molar-refractivity contribution in [2.75, 3.05) is 33.0 Å². The number of sulfone groups is 1. The molecule has 0 unspecified atom stereocenters. The van der Waals surface area contributed by atoms with Gasteiger partial charge in [0, 0.05) is 12.2 Å². The minimum absolute atomic E-state index is 0.0188. The van der Waals surface area contributed by atoms with Crippen LogP contribution in [0.15, 0.2) is 41.3 Å². The van der Waals surface area contributed by atoms with E-state index in [0.717, 1.165) is 17.1 Å². The van der Waals surface area contributed by atoms with E-state index < -0.39 is 9.84 Å². The number of aromatic nitrogens is 3. The first-order valence-electron chi connectivity index (χ1n) is 10.7. The molecular weight excluding hydrogens is 444 g/mol. The highest BCUT2D eigenvalue weighted by Crippen LogP contribution is 2.29. The van der Waals surface area contributed by atoms with Gasteiger partial charge in [-0.3, -0.25) is 9.48 Å². The summed E-state index contributed by atoms with van der Waals surface area (Å²) in [4.78, 5) is 17.6. The number of rotatable bonds is 10. The average molecular weight is 475 g/mol. The van der Waals surface area contributed by atoms with Crippen molar-refractivity contribution in [1.29, 1.82) is 0 Å². The van der Waals surface area contributed by atoms with Gasteiger partial charge in [0.15, 0.2) is 9.84 Å². The number of esters is 1. The predicted molar refractivity (Wildman–Crippen MR) is 125 cm³/mol. The molecule has 2 N–H and O–H groups in total. The maximum Gasteiger partial charge on any atom is 0.327 e. The summed E-state index contributed by atoms with van der Waals surface area (Å²) in [7, 11) is 0.323. The molecule has 0 fully saturated rings. The fourth-order valence-electron chi connectivity index (χ4n) is 3.40. The number of H-pyrrole nitrogens is 1. The summed E-state index contributed by atoms with van der Waals surface area (Å²) in [5, 5.41) is 14.0. The smallest absolute Gasteiger partial charge is 0.327 e. The van der Waals surface area contributed by atoms with Gasteiger partial charge >= 0.3 is 5.97 Å². The topological polar surface area (TPSA) is 118 Å². The van der Waals surface area contributed by atoms with Crippen LogP contribution < -0.4 is 0 Å². The van der Waals surface area contributed by atoms with Gasteiger partial charge in [-0.05, 0) is 56.4 Å². The van der Waals surface area contributed by atoms with E-state index in [9.17, 15) is 18.3 Å². The lowest BCUT2D eigenvalue weighted by atomic mass is 10.1. The number of benzene rings is 1. The Labute approximate surface area is 193 Å². The van der Waals surface area contributed by atoms with Crippen LogP contribution in [0.1, 0.15) is 18.2 Å². The first kappa shape index (κ1) is 24.7. The molecule has 1 aromatic carbocycles. The number of likely N-dealkylation sites (N-methyl/N-ethyl adjacent to an activating group) is 1. The van der Waals surface area contributed by atoms with Gasteiger partial charge in [-0.2, -0.15) is 5.10 Å². The number of carbonyl (C=O) groups excluding carboxylic acids is 1. The average Bonchev–Trinajstić information content (AvgIpc) is 3.39. The second-order valence-electron chi connectivity index (χ2n) is 8.02. The molecular formula is C23H30N4O5S. The Kier molecular flexibility index (Phi) is 7.72. The number of ether oxygens (including phenoxy) is 1. The summed E-state index contributed by atoms with van der Waals surface area (Å²) in [5.41, 5.74) is 3.96. The molecule has 33 heavy (non-hydrogen) atoms. The number of hydrogen-bond donors (Lipinski definition) is 2. The van der Waals surface area contributed by atoms with Crippen molar-refractivity contribution < 1.29 is 23.1 Å². The van der Waals surface area contributed by atoms with Crippen LogP contribution in [0.25, 0.3) is 22.6 Å². The minimum atomic E-state index is -3.49. The van der Waals surface area contributed by atoms with Gasteiger partial charge in [0.1, 0.15) is 13.2 Å². The van der Waals surface area contributed by atoms with Crippen molar-refractivity contribution in [2.24, 2.45) is 0 Å². The number of aryl methyl sites for hydroxylation is 1. The second-order valence-corrected chi connectivity index (χ2v) is 10.3. The zero-order chi connectivity index (χ0) is 24.2. The molecule has 10 heteroatoms. The normalized spacial score (nSPS) is 11.8. The Balaban J connectivity index is 1.87. The van der Waals surface area contributed by atoms with E-state index in [2.05, 4.69) is 10.1 Å². The van der Waals surface area contributed by atoms with E-state index in [1.165, 1.54) is 0 Å². The number of nitrogens with one attached hydrogen (secondary N) is 1. The number of aliphatic hydroxyl groups excluding tert-OH is 1. The minimum Gasteiger partial charge on any atom is -0.463 e. The van der Waals surface area contributed by atoms with E-state index in [4.69, 9.17) is 4.74 Å². The van der Waals surface area contributed by atoms with Crippen molar-refractivity contribution in [3.05, 3.63) is 47.7 Å². The Morgan fingerprint density at radius 1 is 1.18 bits per heavy atom. The highest BCUT2D eigenvalue weighted by Gasteiger charge is 2.19. The molecule has 0 aliphatic rings. The first-order chi connectivity index (χ1) is 15.6. The molecule has 178 valence electrons. The quantitative estimate of drug-likeness (QED) is 0.433. The third kappa shape index (κ3) is 5.89. The lowest BCUT2D eigenvalue weighted by Crippen LogP contribution is -2.22. The summed E-state index contributed by atoms with van der Waals surface area (Å²) in [6, 6.07) is 10.5. The number of nitrogens with zero attached hydrogens (tertiary/aromatic N) is 3. The first-order valence-corrected chi connectivity index (χ1v) is 12.3. The Bertz CT molecular complexity index is 1230. The Hall–Kier alpha value is -2.95. The number of hydrogen-bond acceptors (Lipinski definition) is 7. The van der Waals surface area contributed by atoms with Gasteiger partial charge in [-0.1, -0.05) is 19.1 Å². The van der Waals surface area contributed by atoms with Crippen molar-refractivity contribution in [3.63, 3.8) is 0 Å². The SMILES string of the molecule is CCS(=O)(=O)c1cc(-c2ccc(-c3cc(C)nn3CC(=O)OCCN(C)C)[nH]2)ccc1CO. The molecule has 0 amide bonds.